The first kappa shape index (κ1) is 12.7. The molecular weight excluding hydrogens is 238 g/mol. The lowest BCUT2D eigenvalue weighted by atomic mass is 9.71. The number of oxazole rings is 1. The first-order valence-electron chi connectivity index (χ1n) is 6.15. The summed E-state index contributed by atoms with van der Waals surface area (Å²) in [5.74, 6) is 1.05. The molecule has 1 heterocycles. The monoisotopic (exact) mass is 257 g/mol. The van der Waals surface area contributed by atoms with Gasteiger partial charge in [-0.2, -0.15) is 4.98 Å². The lowest BCUT2D eigenvalue weighted by molar-refractivity contribution is 0.0365. The summed E-state index contributed by atoms with van der Waals surface area (Å²) in [5.41, 5.74) is 1.06. The number of hydrogen-bond donors (Lipinski definition) is 0. The van der Waals surface area contributed by atoms with Crippen molar-refractivity contribution in [2.75, 3.05) is 0 Å². The first-order chi connectivity index (χ1) is 7.98. The van der Waals surface area contributed by atoms with Crippen LogP contribution in [-0.4, -0.2) is 11.1 Å². The second-order valence-electron chi connectivity index (χ2n) is 5.89. The fraction of sp³-hybridized carbons (Fsp3) is 0.769. The Morgan fingerprint density at radius 1 is 1.53 bits per heavy atom. The smallest absolute Gasteiger partial charge is 0.394 e. The molecule has 1 fully saturated rings. The van der Waals surface area contributed by atoms with Crippen molar-refractivity contribution in [1.82, 2.24) is 4.98 Å². The van der Waals surface area contributed by atoms with Gasteiger partial charge >= 0.3 is 6.08 Å². The van der Waals surface area contributed by atoms with E-state index in [1.807, 2.05) is 0 Å². The average Bonchev–Trinajstić information content (AvgIpc) is 2.62. The molecule has 1 aromatic heterocycles. The molecule has 0 aromatic carbocycles. The highest BCUT2D eigenvalue weighted by atomic mass is 35.5. The summed E-state index contributed by atoms with van der Waals surface area (Å²) in [4.78, 5) is 4.17. The Morgan fingerprint density at radius 2 is 2.29 bits per heavy atom. The highest BCUT2D eigenvalue weighted by Gasteiger charge is 2.33. The van der Waals surface area contributed by atoms with E-state index in [1.54, 1.807) is 6.26 Å². The molecule has 17 heavy (non-hydrogen) atoms. The summed E-state index contributed by atoms with van der Waals surface area (Å²) >= 11 is 5.67. The number of aromatic nitrogens is 1. The van der Waals surface area contributed by atoms with Crippen LogP contribution < -0.4 is 4.74 Å². The van der Waals surface area contributed by atoms with Gasteiger partial charge in [0.25, 0.3) is 0 Å². The number of ether oxygens (including phenoxy) is 1. The topological polar surface area (TPSA) is 35.3 Å². The van der Waals surface area contributed by atoms with E-state index in [1.165, 1.54) is 6.42 Å². The largest absolute Gasteiger partial charge is 0.447 e. The van der Waals surface area contributed by atoms with Crippen LogP contribution >= 0.6 is 11.6 Å². The van der Waals surface area contributed by atoms with Crippen molar-refractivity contribution < 1.29 is 9.15 Å². The van der Waals surface area contributed by atoms with Crippen molar-refractivity contribution in [2.45, 2.75) is 52.0 Å². The van der Waals surface area contributed by atoms with Gasteiger partial charge in [-0.25, -0.2) is 0 Å². The standard InChI is InChI=1S/C13H20ClNO2/c1-9-4-11(6-13(2,3)5-9)17-12-15-10(7-14)8-16-12/h8-9,11H,4-7H2,1-3H3. The van der Waals surface area contributed by atoms with Crippen LogP contribution in [0.2, 0.25) is 0 Å². The minimum atomic E-state index is 0.204. The molecule has 1 saturated carbocycles. The Hall–Kier alpha value is -0.700. The second-order valence-corrected chi connectivity index (χ2v) is 6.16. The van der Waals surface area contributed by atoms with Crippen molar-refractivity contribution in [3.63, 3.8) is 0 Å². The SMILES string of the molecule is CC1CC(Oc2nc(CCl)co2)CC(C)(C)C1. The van der Waals surface area contributed by atoms with Gasteiger partial charge in [-0.05, 0) is 30.6 Å². The van der Waals surface area contributed by atoms with Gasteiger partial charge < -0.3 is 9.15 Å². The third kappa shape index (κ3) is 3.38. The highest BCUT2D eigenvalue weighted by Crippen LogP contribution is 2.39. The third-order valence-corrected chi connectivity index (χ3v) is 3.56. The molecule has 0 bridgehead atoms. The van der Waals surface area contributed by atoms with Crippen molar-refractivity contribution in [3.05, 3.63) is 12.0 Å². The van der Waals surface area contributed by atoms with Gasteiger partial charge in [-0.1, -0.05) is 20.8 Å². The predicted molar refractivity (Wildman–Crippen MR) is 67.3 cm³/mol. The van der Waals surface area contributed by atoms with Gasteiger partial charge in [0.05, 0.1) is 11.6 Å². The fourth-order valence-corrected chi connectivity index (χ4v) is 3.02. The molecule has 0 N–H and O–H groups in total. The Balaban J connectivity index is 1.98. The van der Waals surface area contributed by atoms with Gasteiger partial charge in [-0.15, -0.1) is 11.6 Å². The van der Waals surface area contributed by atoms with E-state index in [0.29, 0.717) is 23.3 Å². The summed E-state index contributed by atoms with van der Waals surface area (Å²) in [6, 6.07) is 0. The zero-order valence-corrected chi connectivity index (χ0v) is 11.5. The Kier molecular flexibility index (Phi) is 3.67. The minimum absolute atomic E-state index is 0.204. The van der Waals surface area contributed by atoms with E-state index in [-0.39, 0.29) is 6.10 Å². The highest BCUT2D eigenvalue weighted by molar-refractivity contribution is 6.16. The predicted octanol–water partition coefficient (Wildman–Crippen LogP) is 4.01. The summed E-state index contributed by atoms with van der Waals surface area (Å²) in [7, 11) is 0. The van der Waals surface area contributed by atoms with Gasteiger partial charge in [0.15, 0.2) is 0 Å². The molecule has 0 radical (unpaired) electrons. The number of rotatable bonds is 3. The molecule has 4 heteroatoms. The molecule has 0 spiro atoms. The Labute approximate surface area is 108 Å². The lowest BCUT2D eigenvalue weighted by Crippen LogP contribution is -2.34. The Morgan fingerprint density at radius 3 is 2.88 bits per heavy atom. The fourth-order valence-electron chi connectivity index (χ4n) is 2.89. The number of hydrogen-bond acceptors (Lipinski definition) is 3. The maximum absolute atomic E-state index is 5.81. The molecule has 1 aromatic rings. The second kappa shape index (κ2) is 4.89. The summed E-state index contributed by atoms with van der Waals surface area (Å²) in [6.45, 7) is 6.86. The van der Waals surface area contributed by atoms with Gasteiger partial charge in [-0.3, -0.25) is 0 Å². The molecule has 2 rings (SSSR count). The van der Waals surface area contributed by atoms with E-state index < -0.39 is 0 Å². The molecule has 96 valence electrons. The molecular formula is C13H20ClNO2. The zero-order valence-electron chi connectivity index (χ0n) is 10.7. The van der Waals surface area contributed by atoms with Crippen molar-refractivity contribution in [2.24, 2.45) is 11.3 Å². The third-order valence-electron chi connectivity index (χ3n) is 3.28. The van der Waals surface area contributed by atoms with Crippen molar-refractivity contribution in [3.8, 4) is 6.08 Å². The minimum Gasteiger partial charge on any atom is -0.447 e. The number of alkyl halides is 1. The summed E-state index contributed by atoms with van der Waals surface area (Å²) in [5, 5.41) is 0. The average molecular weight is 258 g/mol. The van der Waals surface area contributed by atoms with E-state index >= 15 is 0 Å². The summed E-state index contributed by atoms with van der Waals surface area (Å²) < 4.78 is 11.1. The molecule has 2 unspecified atom stereocenters. The first-order valence-corrected chi connectivity index (χ1v) is 6.69. The number of nitrogens with zero attached hydrogens (tertiary/aromatic N) is 1. The molecule has 0 aliphatic heterocycles. The van der Waals surface area contributed by atoms with Crippen LogP contribution in [0.5, 0.6) is 6.08 Å². The molecule has 1 aliphatic rings. The van der Waals surface area contributed by atoms with Crippen LogP contribution in [0.25, 0.3) is 0 Å². The van der Waals surface area contributed by atoms with Crippen LogP contribution in [0, 0.1) is 11.3 Å². The van der Waals surface area contributed by atoms with Crippen molar-refractivity contribution in [1.29, 1.82) is 0 Å². The van der Waals surface area contributed by atoms with E-state index in [0.717, 1.165) is 18.5 Å². The lowest BCUT2D eigenvalue weighted by Gasteiger charge is -2.38. The van der Waals surface area contributed by atoms with Gasteiger partial charge in [0.1, 0.15) is 12.4 Å². The zero-order chi connectivity index (χ0) is 12.5. The van der Waals surface area contributed by atoms with Crippen LogP contribution in [-0.2, 0) is 5.88 Å². The van der Waals surface area contributed by atoms with Gasteiger partial charge in [0, 0.05) is 0 Å². The van der Waals surface area contributed by atoms with Crippen LogP contribution in [0.3, 0.4) is 0 Å². The number of halogens is 1. The molecule has 0 saturated heterocycles. The van der Waals surface area contributed by atoms with E-state index in [4.69, 9.17) is 20.8 Å². The van der Waals surface area contributed by atoms with Gasteiger partial charge in [0.2, 0.25) is 0 Å². The van der Waals surface area contributed by atoms with E-state index in [9.17, 15) is 0 Å². The molecule has 1 aliphatic carbocycles. The molecule has 0 amide bonds. The van der Waals surface area contributed by atoms with Crippen LogP contribution in [0.4, 0.5) is 0 Å². The van der Waals surface area contributed by atoms with E-state index in [2.05, 4.69) is 25.8 Å². The maximum Gasteiger partial charge on any atom is 0.394 e. The normalized spacial score (nSPS) is 28.0. The molecule has 2 atom stereocenters. The van der Waals surface area contributed by atoms with Crippen molar-refractivity contribution >= 4 is 11.6 Å². The Bertz CT molecular complexity index is 375. The van der Waals surface area contributed by atoms with Crippen LogP contribution in [0.1, 0.15) is 45.7 Å². The maximum atomic E-state index is 5.81. The quantitative estimate of drug-likeness (QED) is 0.768. The molecule has 3 nitrogen and oxygen atoms in total. The summed E-state index contributed by atoms with van der Waals surface area (Å²) in [6.07, 6.45) is 5.49. The van der Waals surface area contributed by atoms with Crippen LogP contribution in [0.15, 0.2) is 10.7 Å².